The van der Waals surface area contributed by atoms with Gasteiger partial charge >= 0.3 is 0 Å². The molecule has 7 heteroatoms. The van der Waals surface area contributed by atoms with E-state index in [1.807, 2.05) is 41.5 Å². The van der Waals surface area contributed by atoms with Gasteiger partial charge in [0.2, 0.25) is 0 Å². The Hall–Kier alpha value is -2.25. The molecule has 0 bridgehead atoms. The maximum absolute atomic E-state index is 9.12. The highest BCUT2D eigenvalue weighted by Crippen LogP contribution is 2.25. The third-order valence-electron chi connectivity index (χ3n) is 4.36. The van der Waals surface area contributed by atoms with Gasteiger partial charge in [-0.15, -0.1) is 0 Å². The van der Waals surface area contributed by atoms with E-state index in [1.165, 1.54) is 11.3 Å². The second kappa shape index (κ2) is 5.43. The van der Waals surface area contributed by atoms with Crippen LogP contribution in [-0.2, 0) is 26.2 Å². The molecule has 23 heavy (non-hydrogen) atoms. The molecule has 0 unspecified atom stereocenters. The molecular formula is C16H20N6O. The third-order valence-corrected chi connectivity index (χ3v) is 4.36. The Morgan fingerprint density at radius 3 is 2.87 bits per heavy atom. The number of aliphatic hydroxyl groups is 1. The van der Waals surface area contributed by atoms with Crippen molar-refractivity contribution in [3.63, 3.8) is 0 Å². The zero-order valence-electron chi connectivity index (χ0n) is 13.4. The van der Waals surface area contributed by atoms with Crippen molar-refractivity contribution in [2.24, 2.45) is 0 Å². The molecule has 1 aliphatic heterocycles. The lowest BCUT2D eigenvalue weighted by atomic mass is 10.3. The summed E-state index contributed by atoms with van der Waals surface area (Å²) in [6, 6.07) is 2.04. The first-order chi connectivity index (χ1) is 11.2. The number of aromatic nitrogens is 5. The topological polar surface area (TPSA) is 71.5 Å². The average molecular weight is 312 g/mol. The number of hydrogen-bond acceptors (Lipinski definition) is 5. The lowest BCUT2D eigenvalue weighted by Gasteiger charge is -2.14. The van der Waals surface area contributed by atoms with Crippen molar-refractivity contribution in [3.05, 3.63) is 46.7 Å². The number of rotatable bonds is 4. The summed E-state index contributed by atoms with van der Waals surface area (Å²) in [5, 5.41) is 17.9. The Labute approximate surface area is 134 Å². The van der Waals surface area contributed by atoms with Crippen molar-refractivity contribution >= 4 is 5.65 Å². The standard InChI is InChI=1S/C16H20N6O/c1-11-5-12(2)22-16(19-11)14(7-18-22)9-20-8-13-6-17-21(3-4-23)15(13)10-20/h5-7,23H,3-4,8-10H2,1-2H3. The van der Waals surface area contributed by atoms with E-state index in [4.69, 9.17) is 5.11 Å². The van der Waals surface area contributed by atoms with Crippen LogP contribution in [-0.4, -0.2) is 41.0 Å². The van der Waals surface area contributed by atoms with Gasteiger partial charge in [0.05, 0.1) is 31.2 Å². The Morgan fingerprint density at radius 2 is 2.04 bits per heavy atom. The normalized spacial score (nSPS) is 14.7. The Morgan fingerprint density at radius 1 is 1.17 bits per heavy atom. The highest BCUT2D eigenvalue weighted by molar-refractivity contribution is 5.48. The molecule has 4 rings (SSSR count). The summed E-state index contributed by atoms with van der Waals surface area (Å²) in [6.45, 7) is 7.27. The summed E-state index contributed by atoms with van der Waals surface area (Å²) in [4.78, 5) is 7.00. The van der Waals surface area contributed by atoms with E-state index in [2.05, 4.69) is 20.1 Å². The van der Waals surface area contributed by atoms with E-state index < -0.39 is 0 Å². The van der Waals surface area contributed by atoms with Crippen molar-refractivity contribution in [3.8, 4) is 0 Å². The minimum atomic E-state index is 0.116. The molecule has 0 fully saturated rings. The summed E-state index contributed by atoms with van der Waals surface area (Å²) >= 11 is 0. The molecular weight excluding hydrogens is 292 g/mol. The molecule has 0 saturated carbocycles. The highest BCUT2D eigenvalue weighted by atomic mass is 16.3. The smallest absolute Gasteiger partial charge is 0.159 e. The Kier molecular flexibility index (Phi) is 3.39. The number of fused-ring (bicyclic) bond motifs is 2. The van der Waals surface area contributed by atoms with Gasteiger partial charge < -0.3 is 5.11 Å². The SMILES string of the molecule is Cc1cc(C)n2ncc(CN3Cc4cnn(CCO)c4C3)c2n1. The molecule has 0 aliphatic carbocycles. The highest BCUT2D eigenvalue weighted by Gasteiger charge is 2.24. The van der Waals surface area contributed by atoms with Gasteiger partial charge in [0, 0.05) is 42.1 Å². The molecule has 0 radical (unpaired) electrons. The van der Waals surface area contributed by atoms with Crippen LogP contribution in [0, 0.1) is 13.8 Å². The van der Waals surface area contributed by atoms with Gasteiger partial charge in [0.1, 0.15) is 0 Å². The van der Waals surface area contributed by atoms with Gasteiger partial charge in [-0.05, 0) is 19.9 Å². The molecule has 0 saturated heterocycles. The van der Waals surface area contributed by atoms with Gasteiger partial charge in [0.25, 0.3) is 0 Å². The van der Waals surface area contributed by atoms with Crippen molar-refractivity contribution in [2.75, 3.05) is 6.61 Å². The molecule has 1 N–H and O–H groups in total. The lowest BCUT2D eigenvalue weighted by molar-refractivity contribution is 0.250. The van der Waals surface area contributed by atoms with Crippen molar-refractivity contribution in [1.82, 2.24) is 29.3 Å². The van der Waals surface area contributed by atoms with Crippen LogP contribution in [0.15, 0.2) is 18.5 Å². The van der Waals surface area contributed by atoms with Crippen LogP contribution in [0.2, 0.25) is 0 Å². The van der Waals surface area contributed by atoms with E-state index in [9.17, 15) is 0 Å². The van der Waals surface area contributed by atoms with Gasteiger partial charge in [0.15, 0.2) is 5.65 Å². The molecule has 1 aliphatic rings. The monoisotopic (exact) mass is 312 g/mol. The summed E-state index contributed by atoms with van der Waals surface area (Å²) in [7, 11) is 0. The minimum Gasteiger partial charge on any atom is -0.394 e. The zero-order valence-corrected chi connectivity index (χ0v) is 13.4. The van der Waals surface area contributed by atoms with Crippen LogP contribution >= 0.6 is 0 Å². The fraction of sp³-hybridized carbons (Fsp3) is 0.438. The maximum atomic E-state index is 9.12. The minimum absolute atomic E-state index is 0.116. The largest absolute Gasteiger partial charge is 0.394 e. The summed E-state index contributed by atoms with van der Waals surface area (Å²) in [5.41, 5.74) is 6.65. The van der Waals surface area contributed by atoms with E-state index in [0.717, 1.165) is 42.2 Å². The molecule has 120 valence electrons. The zero-order chi connectivity index (χ0) is 16.0. The molecule has 3 aromatic rings. The van der Waals surface area contributed by atoms with E-state index in [0.29, 0.717) is 6.54 Å². The van der Waals surface area contributed by atoms with Crippen molar-refractivity contribution in [1.29, 1.82) is 0 Å². The molecule has 3 aromatic heterocycles. The first kappa shape index (κ1) is 14.3. The van der Waals surface area contributed by atoms with Crippen LogP contribution in [0.3, 0.4) is 0 Å². The first-order valence-electron chi connectivity index (χ1n) is 7.83. The van der Waals surface area contributed by atoms with Gasteiger partial charge in [-0.25, -0.2) is 9.50 Å². The van der Waals surface area contributed by atoms with Gasteiger partial charge in [-0.1, -0.05) is 0 Å². The van der Waals surface area contributed by atoms with Crippen LogP contribution in [0.5, 0.6) is 0 Å². The fourth-order valence-corrected chi connectivity index (χ4v) is 3.34. The van der Waals surface area contributed by atoms with E-state index in [-0.39, 0.29) is 6.61 Å². The molecule has 0 aromatic carbocycles. The first-order valence-corrected chi connectivity index (χ1v) is 7.83. The van der Waals surface area contributed by atoms with Gasteiger partial charge in [-0.3, -0.25) is 9.58 Å². The number of nitrogens with zero attached hydrogens (tertiary/aromatic N) is 6. The van der Waals surface area contributed by atoms with Gasteiger partial charge in [-0.2, -0.15) is 10.2 Å². The average Bonchev–Trinajstić information content (AvgIpc) is 3.17. The summed E-state index contributed by atoms with van der Waals surface area (Å²) < 4.78 is 3.80. The predicted molar refractivity (Wildman–Crippen MR) is 84.7 cm³/mol. The van der Waals surface area contributed by atoms with E-state index >= 15 is 0 Å². The molecule has 7 nitrogen and oxygen atoms in total. The van der Waals surface area contributed by atoms with Crippen LogP contribution < -0.4 is 0 Å². The third kappa shape index (κ3) is 2.42. The molecule has 0 spiro atoms. The second-order valence-electron chi connectivity index (χ2n) is 6.15. The quantitative estimate of drug-likeness (QED) is 0.780. The Balaban J connectivity index is 1.58. The maximum Gasteiger partial charge on any atom is 0.159 e. The van der Waals surface area contributed by atoms with Crippen LogP contribution in [0.1, 0.15) is 28.2 Å². The lowest BCUT2D eigenvalue weighted by Crippen LogP contribution is -2.18. The molecule has 0 amide bonds. The Bertz CT molecular complexity index is 865. The van der Waals surface area contributed by atoms with E-state index in [1.54, 1.807) is 0 Å². The van der Waals surface area contributed by atoms with Crippen molar-refractivity contribution in [2.45, 2.75) is 40.0 Å². The number of aliphatic hydroxyl groups excluding tert-OH is 1. The van der Waals surface area contributed by atoms with Crippen molar-refractivity contribution < 1.29 is 5.11 Å². The predicted octanol–water partition coefficient (Wildman–Crippen LogP) is 1.05. The number of hydrogen-bond donors (Lipinski definition) is 1. The van der Waals surface area contributed by atoms with Crippen LogP contribution in [0.4, 0.5) is 0 Å². The summed E-state index contributed by atoms with van der Waals surface area (Å²) in [6.07, 6.45) is 3.82. The molecule has 4 heterocycles. The summed E-state index contributed by atoms with van der Waals surface area (Å²) in [5.74, 6) is 0. The molecule has 0 atom stereocenters. The van der Waals surface area contributed by atoms with Crippen LogP contribution in [0.25, 0.3) is 5.65 Å². The number of aryl methyl sites for hydroxylation is 2. The fourth-order valence-electron chi connectivity index (χ4n) is 3.34. The second-order valence-corrected chi connectivity index (χ2v) is 6.15.